The van der Waals surface area contributed by atoms with Crippen LogP contribution in [0.2, 0.25) is 0 Å². The molecule has 1 aromatic rings. The number of hydrogen-bond acceptors (Lipinski definition) is 3. The van der Waals surface area contributed by atoms with Gasteiger partial charge in [-0.1, -0.05) is 36.5 Å². The first-order valence-corrected chi connectivity index (χ1v) is 8.60. The minimum absolute atomic E-state index is 0.121. The van der Waals surface area contributed by atoms with Crippen LogP contribution in [0.3, 0.4) is 0 Å². The summed E-state index contributed by atoms with van der Waals surface area (Å²) in [7, 11) is 0. The summed E-state index contributed by atoms with van der Waals surface area (Å²) < 4.78 is 4.76. The second kappa shape index (κ2) is 6.43. The maximum Gasteiger partial charge on any atom is 0.348 e. The lowest BCUT2D eigenvalue weighted by molar-refractivity contribution is 0.155. The lowest BCUT2D eigenvalue weighted by Crippen LogP contribution is -2.50. The molecule has 24 heavy (non-hydrogen) atoms. The highest BCUT2D eigenvalue weighted by molar-refractivity contribution is 5.09. The van der Waals surface area contributed by atoms with Crippen molar-refractivity contribution in [1.82, 2.24) is 19.2 Å². The van der Waals surface area contributed by atoms with Crippen molar-refractivity contribution in [3.63, 3.8) is 0 Å². The predicted octanol–water partition coefficient (Wildman–Crippen LogP) is 1.54. The summed E-state index contributed by atoms with van der Waals surface area (Å²) in [6.07, 6.45) is 10.2. The highest BCUT2D eigenvalue weighted by Gasteiger charge is 2.39. The highest BCUT2D eigenvalue weighted by Crippen LogP contribution is 2.33. The molecular formula is C18H26N4O2. The van der Waals surface area contributed by atoms with Gasteiger partial charge in [0.1, 0.15) is 0 Å². The molecule has 1 unspecified atom stereocenters. The van der Waals surface area contributed by atoms with Gasteiger partial charge in [0.15, 0.2) is 0 Å². The van der Waals surface area contributed by atoms with E-state index in [0.29, 0.717) is 6.54 Å². The first-order chi connectivity index (χ1) is 11.5. The number of nitrogens with one attached hydrogen (secondary N) is 1. The third kappa shape index (κ3) is 2.65. The van der Waals surface area contributed by atoms with Gasteiger partial charge in [-0.2, -0.15) is 0 Å². The Kier molecular flexibility index (Phi) is 4.49. The SMILES string of the molecule is C=C/C=C(\C)Cn1c(=O)n2n(c1=O)C1(CC=CC2C)CCNCC1. The van der Waals surface area contributed by atoms with Crippen LogP contribution in [-0.4, -0.2) is 27.0 Å². The van der Waals surface area contributed by atoms with Crippen molar-refractivity contribution in [3.05, 3.63) is 57.4 Å². The monoisotopic (exact) mass is 330 g/mol. The quantitative estimate of drug-likeness (QED) is 0.675. The van der Waals surface area contributed by atoms with Crippen molar-refractivity contribution in [2.75, 3.05) is 13.1 Å². The van der Waals surface area contributed by atoms with Gasteiger partial charge in [0.05, 0.1) is 18.1 Å². The molecule has 6 nitrogen and oxygen atoms in total. The first-order valence-electron chi connectivity index (χ1n) is 8.60. The molecule has 6 heteroatoms. The lowest BCUT2D eigenvalue weighted by atomic mass is 9.85. The van der Waals surface area contributed by atoms with Crippen molar-refractivity contribution in [3.8, 4) is 0 Å². The first kappa shape index (κ1) is 16.8. The van der Waals surface area contributed by atoms with E-state index in [2.05, 4.69) is 18.0 Å². The number of piperidine rings is 1. The van der Waals surface area contributed by atoms with Gasteiger partial charge in [-0.25, -0.2) is 23.5 Å². The van der Waals surface area contributed by atoms with E-state index in [4.69, 9.17) is 0 Å². The Labute approximate surface area is 141 Å². The molecule has 3 heterocycles. The Morgan fingerprint density at radius 1 is 1.38 bits per heavy atom. The van der Waals surface area contributed by atoms with E-state index in [0.717, 1.165) is 37.9 Å². The van der Waals surface area contributed by atoms with E-state index in [9.17, 15) is 9.59 Å². The maximum absolute atomic E-state index is 13.1. The van der Waals surface area contributed by atoms with Crippen molar-refractivity contribution in [2.45, 2.75) is 51.2 Å². The molecule has 0 bridgehead atoms. The van der Waals surface area contributed by atoms with E-state index in [1.807, 2.05) is 26.0 Å². The zero-order valence-corrected chi connectivity index (χ0v) is 14.5. The lowest BCUT2D eigenvalue weighted by Gasteiger charge is -2.38. The fourth-order valence-electron chi connectivity index (χ4n) is 3.88. The molecule has 1 atom stereocenters. The number of aromatic nitrogens is 3. The Morgan fingerprint density at radius 2 is 2.08 bits per heavy atom. The summed E-state index contributed by atoms with van der Waals surface area (Å²) in [5.74, 6) is 0. The third-order valence-electron chi connectivity index (χ3n) is 5.15. The van der Waals surface area contributed by atoms with Gasteiger partial charge in [0, 0.05) is 0 Å². The molecule has 2 aliphatic heterocycles. The van der Waals surface area contributed by atoms with E-state index in [-0.39, 0.29) is 23.0 Å². The molecule has 0 saturated carbocycles. The average molecular weight is 330 g/mol. The Bertz CT molecular complexity index is 800. The molecule has 0 amide bonds. The van der Waals surface area contributed by atoms with Crippen LogP contribution in [0.1, 0.15) is 39.2 Å². The highest BCUT2D eigenvalue weighted by atomic mass is 16.2. The van der Waals surface area contributed by atoms with E-state index in [1.54, 1.807) is 15.4 Å². The molecule has 0 radical (unpaired) electrons. The second-order valence-corrected chi connectivity index (χ2v) is 6.90. The summed E-state index contributed by atoms with van der Waals surface area (Å²) in [6.45, 7) is 9.58. The maximum atomic E-state index is 13.1. The van der Waals surface area contributed by atoms with Crippen molar-refractivity contribution in [2.24, 2.45) is 0 Å². The van der Waals surface area contributed by atoms with Crippen molar-refractivity contribution < 1.29 is 0 Å². The normalized spacial score (nSPS) is 23.1. The molecule has 0 aliphatic carbocycles. The standard InChI is InChI=1S/C18H26N4O2/c1-4-6-14(2)13-20-16(23)21-15(3)7-5-8-18(22(21)17(20)24)9-11-19-12-10-18/h4-7,15,19H,1,8-13H2,2-3H3/b14-6+. The van der Waals surface area contributed by atoms with Gasteiger partial charge in [0.2, 0.25) is 0 Å². The minimum atomic E-state index is -0.302. The molecule has 1 saturated heterocycles. The molecular weight excluding hydrogens is 304 g/mol. The van der Waals surface area contributed by atoms with Crippen LogP contribution in [0.5, 0.6) is 0 Å². The van der Waals surface area contributed by atoms with Crippen LogP contribution in [0.4, 0.5) is 0 Å². The summed E-state index contributed by atoms with van der Waals surface area (Å²) in [5.41, 5.74) is 0.209. The molecule has 1 spiro atoms. The molecule has 1 fully saturated rings. The van der Waals surface area contributed by atoms with Crippen LogP contribution in [-0.2, 0) is 12.1 Å². The fraction of sp³-hybridized carbons (Fsp3) is 0.556. The van der Waals surface area contributed by atoms with Crippen LogP contribution in [0, 0.1) is 0 Å². The second-order valence-electron chi connectivity index (χ2n) is 6.90. The molecule has 1 aromatic heterocycles. The fourth-order valence-corrected chi connectivity index (χ4v) is 3.88. The summed E-state index contributed by atoms with van der Waals surface area (Å²) in [6, 6.07) is -0.121. The molecule has 3 rings (SSSR count). The smallest absolute Gasteiger partial charge is 0.317 e. The van der Waals surface area contributed by atoms with Crippen molar-refractivity contribution in [1.29, 1.82) is 0 Å². The molecule has 130 valence electrons. The summed E-state index contributed by atoms with van der Waals surface area (Å²) in [4.78, 5) is 26.1. The minimum Gasteiger partial charge on any atom is -0.317 e. The number of nitrogens with zero attached hydrogens (tertiary/aromatic N) is 3. The van der Waals surface area contributed by atoms with E-state index >= 15 is 0 Å². The largest absolute Gasteiger partial charge is 0.348 e. The van der Waals surface area contributed by atoms with Gasteiger partial charge in [-0.15, -0.1) is 0 Å². The Hall–Kier alpha value is -2.08. The van der Waals surface area contributed by atoms with Crippen LogP contribution in [0.25, 0.3) is 0 Å². The van der Waals surface area contributed by atoms with Gasteiger partial charge >= 0.3 is 11.4 Å². The van der Waals surface area contributed by atoms with Crippen molar-refractivity contribution >= 4 is 0 Å². The number of hydrogen-bond donors (Lipinski definition) is 1. The van der Waals surface area contributed by atoms with Gasteiger partial charge in [-0.3, -0.25) is 0 Å². The Morgan fingerprint density at radius 3 is 2.75 bits per heavy atom. The summed E-state index contributed by atoms with van der Waals surface area (Å²) in [5, 5.41) is 3.35. The topological polar surface area (TPSA) is 61.0 Å². The number of rotatable bonds is 3. The van der Waals surface area contributed by atoms with Crippen LogP contribution >= 0.6 is 0 Å². The Balaban J connectivity index is 2.20. The average Bonchev–Trinajstić information content (AvgIpc) is 2.72. The molecule has 0 aromatic carbocycles. The number of fused-ring (bicyclic) bond motifs is 2. The van der Waals surface area contributed by atoms with Gasteiger partial charge < -0.3 is 5.32 Å². The predicted molar refractivity (Wildman–Crippen MR) is 95.5 cm³/mol. The molecule has 2 aliphatic rings. The zero-order valence-electron chi connectivity index (χ0n) is 14.5. The van der Waals surface area contributed by atoms with Gasteiger partial charge in [-0.05, 0) is 46.2 Å². The summed E-state index contributed by atoms with van der Waals surface area (Å²) >= 11 is 0. The third-order valence-corrected chi connectivity index (χ3v) is 5.15. The molecule has 1 N–H and O–H groups in total. The van der Waals surface area contributed by atoms with E-state index < -0.39 is 0 Å². The van der Waals surface area contributed by atoms with Crippen LogP contribution < -0.4 is 16.7 Å². The van der Waals surface area contributed by atoms with Crippen LogP contribution in [0.15, 0.2) is 46.0 Å². The van der Waals surface area contributed by atoms with Gasteiger partial charge in [0.25, 0.3) is 0 Å². The zero-order chi connectivity index (χ0) is 17.3. The number of allylic oxidation sites excluding steroid dienone is 5. The van der Waals surface area contributed by atoms with E-state index in [1.165, 1.54) is 4.57 Å².